The van der Waals surface area contributed by atoms with Crippen LogP contribution in [-0.4, -0.2) is 16.1 Å². The first-order chi connectivity index (χ1) is 6.56. The maximum absolute atomic E-state index is 12.4. The highest BCUT2D eigenvalue weighted by molar-refractivity contribution is 9.08. The van der Waals surface area contributed by atoms with Crippen molar-refractivity contribution in [3.63, 3.8) is 0 Å². The number of hydrogen-bond donors (Lipinski definition) is 1. The summed E-state index contributed by atoms with van der Waals surface area (Å²) in [5, 5.41) is 8.91. The molecule has 3 nitrogen and oxygen atoms in total. The highest BCUT2D eigenvalue weighted by atomic mass is 79.9. The number of rotatable bonds is 3. The van der Waals surface area contributed by atoms with Crippen LogP contribution in [0, 0.1) is 0 Å². The zero-order valence-electron chi connectivity index (χ0n) is 6.88. The Bertz CT molecular complexity index is 357. The van der Waals surface area contributed by atoms with Gasteiger partial charge in [0.15, 0.2) is 0 Å². The van der Waals surface area contributed by atoms with E-state index in [0.29, 0.717) is 11.0 Å². The number of carboxylic acids is 1. The molecule has 0 amide bonds. The smallest absolute Gasteiger partial charge is 0.337 e. The summed E-state index contributed by atoms with van der Waals surface area (Å²) in [6.45, 7) is 0. The first kappa shape index (κ1) is 11.0. The van der Waals surface area contributed by atoms with Crippen LogP contribution in [0.3, 0.4) is 0 Å². The zero-order chi connectivity index (χ0) is 10.7. The second kappa shape index (κ2) is 4.45. The van der Waals surface area contributed by atoms with Gasteiger partial charge in [0.1, 0.15) is 5.69 Å². The van der Waals surface area contributed by atoms with E-state index in [1.54, 1.807) is 0 Å². The van der Waals surface area contributed by atoms with Crippen LogP contribution in [0.2, 0.25) is 0 Å². The van der Waals surface area contributed by atoms with Gasteiger partial charge in [-0.3, -0.25) is 4.98 Å². The van der Waals surface area contributed by atoms with E-state index in [-0.39, 0.29) is 0 Å². The summed E-state index contributed by atoms with van der Waals surface area (Å²) in [6, 6.07) is 2.53. The summed E-state index contributed by atoms with van der Waals surface area (Å²) in [5.41, 5.74) is -0.760. The van der Waals surface area contributed by atoms with Gasteiger partial charge in [-0.2, -0.15) is 0 Å². The van der Waals surface area contributed by atoms with E-state index < -0.39 is 23.7 Å². The summed E-state index contributed by atoms with van der Waals surface area (Å²) in [5.74, 6) is -1.39. The number of pyridine rings is 1. The Kier molecular flexibility index (Phi) is 3.51. The van der Waals surface area contributed by atoms with Crippen molar-refractivity contribution in [3.05, 3.63) is 29.1 Å². The molecular weight excluding hydrogens is 260 g/mol. The maximum atomic E-state index is 12.4. The van der Waals surface area contributed by atoms with Crippen LogP contribution in [0.25, 0.3) is 0 Å². The lowest BCUT2D eigenvalue weighted by atomic mass is 10.2. The lowest BCUT2D eigenvalue weighted by molar-refractivity contribution is 0.0682. The van der Waals surface area contributed by atoms with Crippen LogP contribution in [0.5, 0.6) is 0 Å². The fourth-order valence-electron chi connectivity index (χ4n) is 0.939. The Morgan fingerprint density at radius 1 is 1.57 bits per heavy atom. The number of halogens is 3. The lowest BCUT2D eigenvalue weighted by Crippen LogP contribution is -2.06. The molecule has 0 spiro atoms. The van der Waals surface area contributed by atoms with E-state index in [2.05, 4.69) is 20.9 Å². The van der Waals surface area contributed by atoms with Gasteiger partial charge in [-0.15, -0.1) is 0 Å². The second-order valence-electron chi connectivity index (χ2n) is 2.47. The van der Waals surface area contributed by atoms with Crippen LogP contribution in [0.1, 0.15) is 28.2 Å². The van der Waals surface area contributed by atoms with Gasteiger partial charge in [0.05, 0.1) is 11.3 Å². The van der Waals surface area contributed by atoms with Crippen molar-refractivity contribution < 1.29 is 18.7 Å². The molecule has 0 aliphatic carbocycles. The molecule has 0 atom stereocenters. The first-order valence-corrected chi connectivity index (χ1v) is 4.75. The molecule has 1 aromatic heterocycles. The third-order valence-corrected chi connectivity index (χ3v) is 2.13. The van der Waals surface area contributed by atoms with Crippen LogP contribution < -0.4 is 0 Å². The molecule has 0 saturated carbocycles. The Morgan fingerprint density at radius 2 is 2.21 bits per heavy atom. The molecule has 1 rings (SSSR count). The predicted octanol–water partition coefficient (Wildman–Crippen LogP) is 2.61. The molecular formula is C8H6BrF2NO2. The van der Waals surface area contributed by atoms with Gasteiger partial charge >= 0.3 is 5.97 Å². The van der Waals surface area contributed by atoms with E-state index in [1.165, 1.54) is 6.07 Å². The Balaban J connectivity index is 3.24. The van der Waals surface area contributed by atoms with Crippen LogP contribution in [0.4, 0.5) is 8.78 Å². The molecule has 0 aliphatic heterocycles. The highest BCUT2D eigenvalue weighted by Gasteiger charge is 2.19. The minimum absolute atomic E-state index is 0.312. The summed E-state index contributed by atoms with van der Waals surface area (Å²) in [6.07, 6.45) is -2.87. The molecule has 0 radical (unpaired) electrons. The van der Waals surface area contributed by atoms with E-state index in [1.807, 2.05) is 0 Å². The summed E-state index contributed by atoms with van der Waals surface area (Å²) >= 11 is 3.05. The number of alkyl halides is 3. The topological polar surface area (TPSA) is 50.2 Å². The standard InChI is InChI=1S/C8H6BrF2NO2/c9-3-4-1-2-5(8(13)14)6(12-4)7(10)11/h1-2,7H,3H2,(H,13,14). The molecule has 0 fully saturated rings. The largest absolute Gasteiger partial charge is 0.478 e. The quantitative estimate of drug-likeness (QED) is 0.855. The van der Waals surface area contributed by atoms with E-state index >= 15 is 0 Å². The summed E-state index contributed by atoms with van der Waals surface area (Å²) < 4.78 is 24.7. The number of carboxylic acid groups (broad SMARTS) is 1. The monoisotopic (exact) mass is 265 g/mol. The molecule has 0 unspecified atom stereocenters. The third kappa shape index (κ3) is 2.25. The fourth-order valence-corrected chi connectivity index (χ4v) is 1.25. The van der Waals surface area contributed by atoms with Crippen molar-refractivity contribution in [2.45, 2.75) is 11.8 Å². The predicted molar refractivity (Wildman–Crippen MR) is 48.8 cm³/mol. The number of aromatic carboxylic acids is 1. The maximum Gasteiger partial charge on any atom is 0.337 e. The average molecular weight is 266 g/mol. The molecule has 0 aliphatic rings. The van der Waals surface area contributed by atoms with Gasteiger partial charge in [-0.05, 0) is 12.1 Å². The van der Waals surface area contributed by atoms with Gasteiger partial charge in [0.25, 0.3) is 6.43 Å². The highest BCUT2D eigenvalue weighted by Crippen LogP contribution is 2.21. The Morgan fingerprint density at radius 3 is 2.64 bits per heavy atom. The lowest BCUT2D eigenvalue weighted by Gasteiger charge is -2.05. The fraction of sp³-hybridized carbons (Fsp3) is 0.250. The summed E-state index contributed by atoms with van der Waals surface area (Å²) in [4.78, 5) is 14.1. The average Bonchev–Trinajstić information content (AvgIpc) is 2.16. The van der Waals surface area contributed by atoms with Gasteiger partial charge in [0, 0.05) is 5.33 Å². The molecule has 76 valence electrons. The van der Waals surface area contributed by atoms with Gasteiger partial charge in [-0.25, -0.2) is 13.6 Å². The number of nitrogens with zero attached hydrogens (tertiary/aromatic N) is 1. The molecule has 14 heavy (non-hydrogen) atoms. The Labute approximate surface area is 86.9 Å². The molecule has 1 heterocycles. The van der Waals surface area contributed by atoms with Crippen molar-refractivity contribution >= 4 is 21.9 Å². The minimum atomic E-state index is -2.87. The van der Waals surface area contributed by atoms with Gasteiger partial charge < -0.3 is 5.11 Å². The van der Waals surface area contributed by atoms with Crippen molar-refractivity contribution in [1.82, 2.24) is 4.98 Å². The summed E-state index contributed by atoms with van der Waals surface area (Å²) in [7, 11) is 0. The van der Waals surface area contributed by atoms with Crippen molar-refractivity contribution in [3.8, 4) is 0 Å². The van der Waals surface area contributed by atoms with Crippen LogP contribution >= 0.6 is 15.9 Å². The van der Waals surface area contributed by atoms with Crippen LogP contribution in [0.15, 0.2) is 12.1 Å². The molecule has 6 heteroatoms. The molecule has 1 aromatic rings. The van der Waals surface area contributed by atoms with Gasteiger partial charge in [0.2, 0.25) is 0 Å². The zero-order valence-corrected chi connectivity index (χ0v) is 8.46. The van der Waals surface area contributed by atoms with Crippen molar-refractivity contribution in [1.29, 1.82) is 0 Å². The third-order valence-electron chi connectivity index (χ3n) is 1.56. The van der Waals surface area contributed by atoms with E-state index in [9.17, 15) is 13.6 Å². The molecule has 0 saturated heterocycles. The molecule has 0 aromatic carbocycles. The van der Waals surface area contributed by atoms with E-state index in [0.717, 1.165) is 6.07 Å². The number of aromatic nitrogens is 1. The molecule has 0 bridgehead atoms. The number of carbonyl (C=O) groups is 1. The Hall–Kier alpha value is -1.04. The van der Waals surface area contributed by atoms with Crippen molar-refractivity contribution in [2.24, 2.45) is 0 Å². The molecule has 1 N–H and O–H groups in total. The van der Waals surface area contributed by atoms with Crippen LogP contribution in [-0.2, 0) is 5.33 Å². The van der Waals surface area contributed by atoms with Gasteiger partial charge in [-0.1, -0.05) is 15.9 Å². The number of hydrogen-bond acceptors (Lipinski definition) is 2. The normalized spacial score (nSPS) is 10.6. The first-order valence-electron chi connectivity index (χ1n) is 3.63. The SMILES string of the molecule is O=C(O)c1ccc(CBr)nc1C(F)F. The minimum Gasteiger partial charge on any atom is -0.478 e. The second-order valence-corrected chi connectivity index (χ2v) is 3.04. The van der Waals surface area contributed by atoms with E-state index in [4.69, 9.17) is 5.11 Å². The van der Waals surface area contributed by atoms with Crippen molar-refractivity contribution in [2.75, 3.05) is 0 Å².